The molecule has 2 aliphatic heterocycles. The number of hydrogen-bond donors (Lipinski definition) is 10. The quantitative estimate of drug-likeness (QED) is 0.0191. The van der Waals surface area contributed by atoms with Crippen LogP contribution in [0.3, 0.4) is 0 Å². The van der Waals surface area contributed by atoms with Gasteiger partial charge in [0.25, 0.3) is 50.6 Å². The smallest absolute Gasteiger partial charge is 0.305 e. The monoisotopic (exact) mass is 1480 g/mol. The van der Waals surface area contributed by atoms with Crippen LogP contribution in [0, 0.1) is 0 Å². The zero-order valence-electron chi connectivity index (χ0n) is 56.3. The van der Waals surface area contributed by atoms with Crippen LogP contribution in [-0.4, -0.2) is 202 Å². The van der Waals surface area contributed by atoms with Gasteiger partial charge in [0.2, 0.25) is 40.9 Å². The zero-order chi connectivity index (χ0) is 73.5. The number of amides is 5. The Balaban J connectivity index is 1.27. The number of nitrogens with one attached hydrogen (secondary N) is 5. The van der Waals surface area contributed by atoms with Crippen molar-refractivity contribution in [2.75, 3.05) is 56.7 Å². The van der Waals surface area contributed by atoms with Gasteiger partial charge in [-0.05, 0) is 123 Å². The molecule has 0 saturated heterocycles. The third-order valence-electron chi connectivity index (χ3n) is 17.5. The SMILES string of the molecule is CCOC(=O)CCCCC[N+]1=C(C)C(C)(CCCCCC(=O)NCCCCCNC(=O)C(CS(=O)(=O)O)NC(=O)C(CS(=O)(=O)O)NC(=O)C(CS(=O)(=O)O)NC(=O)CCCCCC2(C)C(C)=[N+](CCCCCC(=O)OCC)c3ccc(S(=O)(=O)O)cc32)c2cc(S(=O)(=O)O)ccc21. The Morgan fingerprint density at radius 3 is 1.17 bits per heavy atom. The summed E-state index contributed by atoms with van der Waals surface area (Å²) in [7, 11) is -24.5. The molecule has 0 aliphatic carbocycles. The fraction of sp³-hybridized carbons (Fsp3) is 0.661. The molecular weight excluding hydrogens is 1390 g/mol. The summed E-state index contributed by atoms with van der Waals surface area (Å²) < 4.78 is 184. The minimum atomic E-state index is -5.24. The van der Waals surface area contributed by atoms with Crippen molar-refractivity contribution in [1.82, 2.24) is 26.6 Å². The van der Waals surface area contributed by atoms with Crippen molar-refractivity contribution in [3.8, 4) is 0 Å². The van der Waals surface area contributed by atoms with E-state index in [1.165, 1.54) is 24.3 Å². The van der Waals surface area contributed by atoms with E-state index in [4.69, 9.17) is 9.47 Å². The van der Waals surface area contributed by atoms with Crippen molar-refractivity contribution in [1.29, 1.82) is 0 Å². The number of fused-ring (bicyclic) bond motifs is 2. The Hall–Kier alpha value is -6.38. The van der Waals surface area contributed by atoms with Gasteiger partial charge in [0.05, 0.1) is 33.8 Å². The third-order valence-corrected chi connectivity index (χ3v) is 21.5. The molecule has 0 fully saturated rings. The molecule has 4 rings (SSSR count). The van der Waals surface area contributed by atoms with Gasteiger partial charge in [-0.3, -0.25) is 56.3 Å². The summed E-state index contributed by atoms with van der Waals surface area (Å²) in [6.45, 7) is 13.1. The van der Waals surface area contributed by atoms with Gasteiger partial charge in [-0.2, -0.15) is 51.2 Å². The average molecular weight is 1480 g/mol. The predicted molar refractivity (Wildman–Crippen MR) is 359 cm³/mol. The van der Waals surface area contributed by atoms with Gasteiger partial charge in [0, 0.05) is 88.7 Å². The van der Waals surface area contributed by atoms with Crippen molar-refractivity contribution in [3.63, 3.8) is 0 Å². The highest BCUT2D eigenvalue weighted by atomic mass is 32.2. The highest BCUT2D eigenvalue weighted by Gasteiger charge is 2.48. The van der Waals surface area contributed by atoms with E-state index < -0.39 is 120 Å². The van der Waals surface area contributed by atoms with Crippen molar-refractivity contribution in [3.05, 3.63) is 47.5 Å². The average Bonchev–Trinajstić information content (AvgIpc) is 1.59. The normalized spacial score (nSPS) is 17.3. The molecule has 0 radical (unpaired) electrons. The number of hydrogen-bond acceptors (Lipinski definition) is 19. The minimum absolute atomic E-state index is 0.119. The van der Waals surface area contributed by atoms with Crippen LogP contribution in [0.4, 0.5) is 11.4 Å². The maximum atomic E-state index is 13.6. The molecule has 5 amide bonds. The first-order valence-electron chi connectivity index (χ1n) is 32.7. The van der Waals surface area contributed by atoms with Crippen LogP contribution in [-0.2, 0) is 104 Å². The highest BCUT2D eigenvalue weighted by Crippen LogP contribution is 2.46. The minimum Gasteiger partial charge on any atom is -0.466 e. The van der Waals surface area contributed by atoms with Gasteiger partial charge in [-0.1, -0.05) is 25.7 Å². The van der Waals surface area contributed by atoms with Crippen LogP contribution in [0.5, 0.6) is 0 Å². The number of carbonyl (C=O) groups is 7. The number of ether oxygens (including phenoxy) is 2. The van der Waals surface area contributed by atoms with Gasteiger partial charge in [-0.25, -0.2) is 0 Å². The number of unbranched alkanes of at least 4 members (excludes halogenated alkanes) is 10. The summed E-state index contributed by atoms with van der Waals surface area (Å²) in [5, 5.41) is 11.0. The molecule has 0 aromatic heterocycles. The molecule has 2 aromatic rings. The number of carbonyl (C=O) groups excluding carboxylic acids is 7. The Bertz CT molecular complexity index is 3850. The zero-order valence-corrected chi connectivity index (χ0v) is 60.4. The molecule has 552 valence electrons. The lowest BCUT2D eigenvalue weighted by atomic mass is 9.76. The first kappa shape index (κ1) is 84.0. The van der Waals surface area contributed by atoms with E-state index in [0.717, 1.165) is 35.5 Å². The summed E-state index contributed by atoms with van der Waals surface area (Å²) in [6, 6.07) is 2.05. The Morgan fingerprint density at radius 1 is 0.439 bits per heavy atom. The van der Waals surface area contributed by atoms with E-state index in [-0.39, 0.29) is 79.4 Å². The molecule has 10 N–H and O–H groups in total. The Morgan fingerprint density at radius 2 is 0.786 bits per heavy atom. The number of nitrogens with zero attached hydrogens (tertiary/aromatic N) is 2. The summed E-state index contributed by atoms with van der Waals surface area (Å²) >= 11 is 0. The number of benzene rings is 2. The molecule has 0 saturated carbocycles. The van der Waals surface area contributed by atoms with Crippen molar-refractivity contribution >= 4 is 115 Å². The second kappa shape index (κ2) is 37.9. The second-order valence-electron chi connectivity index (χ2n) is 25.0. The topological polar surface area (TPSA) is 476 Å². The standard InChI is InChI=1S/C62H95N7O24S5/c1-7-92-56(72)26-16-11-22-36-68-43(3)61(5,47-38-45(97(86,87)88)28-30-52(47)68)32-18-9-14-24-54(70)63-34-20-13-21-35-64-58(74)49(40-94(77,78)79)66-60(76)51(42-96(83,84)85)67-59(75)50(41-95(80,81)82)65-55(71)25-15-10-19-33-62(6)44(4)69(37-23-12-17-27-57(73)93-8-2)53-31-29-46(39-48(53)62)98(89,90)91/h28-31,38-39,49-51H,7-27,32-37,40-42H2,1-6H3,(H8-2,63,64,65,66,67,70,71,74,75,76,77,78,79,80,81,82,83,84,85,86,87,88,89,90,91)/p+2. The first-order chi connectivity index (χ1) is 45.6. The maximum Gasteiger partial charge on any atom is 0.305 e. The van der Waals surface area contributed by atoms with Crippen LogP contribution in [0.2, 0.25) is 0 Å². The molecule has 2 heterocycles. The molecule has 5 atom stereocenters. The lowest BCUT2D eigenvalue weighted by Crippen LogP contribution is -2.60. The summed E-state index contributed by atoms with van der Waals surface area (Å²) in [6.07, 6.45) is 9.40. The molecule has 0 spiro atoms. The molecular formula is C62H97N7O24S5+2. The van der Waals surface area contributed by atoms with Gasteiger partial charge in [0.15, 0.2) is 11.4 Å². The van der Waals surface area contributed by atoms with Crippen LogP contribution in [0.1, 0.15) is 188 Å². The van der Waals surface area contributed by atoms with Gasteiger partial charge >= 0.3 is 11.9 Å². The maximum absolute atomic E-state index is 13.6. The largest absolute Gasteiger partial charge is 0.466 e. The molecule has 5 unspecified atom stereocenters. The lowest BCUT2D eigenvalue weighted by Gasteiger charge is -2.24. The van der Waals surface area contributed by atoms with E-state index >= 15 is 0 Å². The lowest BCUT2D eigenvalue weighted by molar-refractivity contribution is -0.440. The van der Waals surface area contributed by atoms with Crippen molar-refractivity contribution in [2.24, 2.45) is 0 Å². The molecule has 0 bridgehead atoms. The van der Waals surface area contributed by atoms with E-state index in [9.17, 15) is 98.4 Å². The van der Waals surface area contributed by atoms with Gasteiger partial charge in [-0.15, -0.1) is 0 Å². The van der Waals surface area contributed by atoms with E-state index in [1.807, 2.05) is 42.9 Å². The summed E-state index contributed by atoms with van der Waals surface area (Å²) in [5.74, 6) is -10.8. The first-order valence-corrected chi connectivity index (χ1v) is 40.4. The van der Waals surface area contributed by atoms with Gasteiger partial charge in [0.1, 0.15) is 48.5 Å². The Labute approximate surface area is 574 Å². The van der Waals surface area contributed by atoms with Crippen LogP contribution < -0.4 is 26.6 Å². The molecule has 2 aliphatic rings. The van der Waals surface area contributed by atoms with Crippen molar-refractivity contribution in [2.45, 2.75) is 215 Å². The fourth-order valence-corrected chi connectivity index (χ4v) is 15.1. The molecule has 98 heavy (non-hydrogen) atoms. The fourth-order valence-electron chi connectivity index (χ4n) is 12.1. The van der Waals surface area contributed by atoms with E-state index in [1.54, 1.807) is 26.0 Å². The highest BCUT2D eigenvalue weighted by molar-refractivity contribution is 7.86. The van der Waals surface area contributed by atoms with Crippen LogP contribution in [0.15, 0.2) is 46.2 Å². The molecule has 36 heteroatoms. The third kappa shape index (κ3) is 27.3. The predicted octanol–water partition coefficient (Wildman–Crippen LogP) is 4.30. The summed E-state index contributed by atoms with van der Waals surface area (Å²) in [4.78, 5) is 89.6. The number of rotatable bonds is 46. The van der Waals surface area contributed by atoms with Crippen LogP contribution in [0.25, 0.3) is 0 Å². The van der Waals surface area contributed by atoms with Crippen molar-refractivity contribution < 1.29 is 117 Å². The van der Waals surface area contributed by atoms with E-state index in [2.05, 4.69) is 20.5 Å². The van der Waals surface area contributed by atoms with Gasteiger partial charge < -0.3 is 36.1 Å². The van der Waals surface area contributed by atoms with E-state index in [0.29, 0.717) is 121 Å². The molecule has 2 aromatic carbocycles. The second-order valence-corrected chi connectivity index (χ2v) is 32.3. The summed E-state index contributed by atoms with van der Waals surface area (Å²) in [5.41, 5.74) is 3.45. The Kier molecular flexibility index (Phi) is 32.5. The van der Waals surface area contributed by atoms with Crippen LogP contribution >= 0.6 is 0 Å². The molecule has 31 nitrogen and oxygen atoms in total. The number of esters is 2.